The Labute approximate surface area is 327 Å². The molecule has 0 bridgehead atoms. The molecule has 0 aliphatic heterocycles. The molecule has 0 aromatic rings. The normalized spacial score (nSPS) is 14.5. The zero-order chi connectivity index (χ0) is 39.8. The quantitative estimate of drug-likeness (QED) is 0.0239. The second-order valence-corrected chi connectivity index (χ2v) is 15.1. The smallest absolute Gasteiger partial charge is 0.462 e. The molecule has 0 aliphatic carbocycles. The van der Waals surface area contributed by atoms with Crippen molar-refractivity contribution in [1.82, 2.24) is 0 Å². The third-order valence-corrected chi connectivity index (χ3v) is 9.36. The van der Waals surface area contributed by atoms with Crippen molar-refractivity contribution < 1.29 is 47.8 Å². The van der Waals surface area contributed by atoms with Gasteiger partial charge < -0.3 is 24.6 Å². The van der Waals surface area contributed by atoms with Crippen LogP contribution >= 0.6 is 7.82 Å². The molecular formula is C43H75O10P. The summed E-state index contributed by atoms with van der Waals surface area (Å²) in [5, 5.41) is 18.3. The molecule has 0 aliphatic rings. The van der Waals surface area contributed by atoms with Crippen molar-refractivity contribution in [3.05, 3.63) is 60.8 Å². The van der Waals surface area contributed by atoms with Gasteiger partial charge in [-0.15, -0.1) is 0 Å². The number of ether oxygens (including phenoxy) is 2. The first-order valence-electron chi connectivity index (χ1n) is 20.7. The molecule has 0 amide bonds. The van der Waals surface area contributed by atoms with Crippen molar-refractivity contribution in [3.8, 4) is 0 Å². The first kappa shape index (κ1) is 51.7. The largest absolute Gasteiger partial charge is 0.472 e. The molecule has 0 radical (unpaired) electrons. The van der Waals surface area contributed by atoms with Crippen LogP contribution in [0.2, 0.25) is 0 Å². The van der Waals surface area contributed by atoms with Crippen LogP contribution in [0.5, 0.6) is 0 Å². The van der Waals surface area contributed by atoms with Gasteiger partial charge in [0, 0.05) is 12.8 Å². The number of rotatable bonds is 38. The van der Waals surface area contributed by atoms with E-state index in [4.69, 9.17) is 19.1 Å². The number of unbranched alkanes of at least 4 members (excludes halogenated alkanes) is 14. The van der Waals surface area contributed by atoms with E-state index in [9.17, 15) is 24.2 Å². The monoisotopic (exact) mass is 783 g/mol. The topological polar surface area (TPSA) is 149 Å². The molecule has 0 rings (SSSR count). The van der Waals surface area contributed by atoms with Crippen molar-refractivity contribution in [2.45, 2.75) is 174 Å². The number of phosphoric acid groups is 1. The standard InChI is InChI=1S/C43H75O10P/c1-3-5-7-9-11-13-15-17-19-21-22-24-26-28-30-32-34-42(46)50-38-41(39-52-54(48,49)51-37-40(45)36-44)53-43(47)35-33-31-29-27-25-23-20-18-16-14-12-10-8-6-4-2/h6,8,12,14,18-21,25,27,40-41,44-45H,3-5,7,9-11,13,15-17,22-24,26,28-39H2,1-2H3,(H,48,49)/b8-6-,14-12-,20-18-,21-19-,27-25-. The minimum absolute atomic E-state index is 0.128. The molecule has 0 aromatic heterocycles. The maximum Gasteiger partial charge on any atom is 0.472 e. The second kappa shape index (κ2) is 38.9. The molecule has 11 heteroatoms. The Morgan fingerprint density at radius 3 is 1.59 bits per heavy atom. The summed E-state index contributed by atoms with van der Waals surface area (Å²) in [5.74, 6) is -0.987. The zero-order valence-electron chi connectivity index (χ0n) is 33.7. The van der Waals surface area contributed by atoms with Gasteiger partial charge in [0.15, 0.2) is 6.10 Å². The summed E-state index contributed by atoms with van der Waals surface area (Å²) in [6.07, 6.45) is 41.9. The number of aliphatic hydroxyl groups is 2. The van der Waals surface area contributed by atoms with E-state index in [0.717, 1.165) is 77.0 Å². The SMILES string of the molecule is CC/C=C\C/C=C\C/C=C\C/C=C\CCCCC(=O)OC(COC(=O)CCCCCCC/C=C\CCCCCCCCC)COP(=O)(O)OCC(O)CO. The molecule has 54 heavy (non-hydrogen) atoms. The molecule has 0 spiro atoms. The highest BCUT2D eigenvalue weighted by Crippen LogP contribution is 2.43. The average Bonchev–Trinajstić information content (AvgIpc) is 3.16. The predicted octanol–water partition coefficient (Wildman–Crippen LogP) is 10.7. The van der Waals surface area contributed by atoms with E-state index >= 15 is 0 Å². The van der Waals surface area contributed by atoms with Crippen molar-refractivity contribution in [1.29, 1.82) is 0 Å². The highest BCUT2D eigenvalue weighted by atomic mass is 31.2. The number of carbonyl (C=O) groups is 2. The third-order valence-electron chi connectivity index (χ3n) is 8.41. The summed E-state index contributed by atoms with van der Waals surface area (Å²) >= 11 is 0. The molecule has 3 unspecified atom stereocenters. The van der Waals surface area contributed by atoms with E-state index in [1.165, 1.54) is 44.9 Å². The van der Waals surface area contributed by atoms with Gasteiger partial charge in [0.1, 0.15) is 12.7 Å². The Morgan fingerprint density at radius 1 is 0.574 bits per heavy atom. The van der Waals surface area contributed by atoms with E-state index in [1.54, 1.807) is 0 Å². The average molecular weight is 783 g/mol. The summed E-state index contributed by atoms with van der Waals surface area (Å²) in [6, 6.07) is 0. The third kappa shape index (κ3) is 38.0. The minimum Gasteiger partial charge on any atom is -0.462 e. The first-order valence-corrected chi connectivity index (χ1v) is 22.2. The van der Waals surface area contributed by atoms with Crippen LogP contribution < -0.4 is 0 Å². The lowest BCUT2D eigenvalue weighted by Crippen LogP contribution is -2.29. The number of esters is 2. The van der Waals surface area contributed by atoms with Crippen LogP contribution in [0.1, 0.15) is 162 Å². The first-order chi connectivity index (χ1) is 26.2. The molecule has 0 fully saturated rings. The number of hydrogen-bond donors (Lipinski definition) is 3. The van der Waals surface area contributed by atoms with Gasteiger partial charge in [-0.1, -0.05) is 132 Å². The van der Waals surface area contributed by atoms with E-state index in [2.05, 4.69) is 79.1 Å². The van der Waals surface area contributed by atoms with Gasteiger partial charge in [0.05, 0.1) is 19.8 Å². The molecule has 3 atom stereocenters. The van der Waals surface area contributed by atoms with Crippen molar-refractivity contribution in [3.63, 3.8) is 0 Å². The van der Waals surface area contributed by atoms with Gasteiger partial charge in [-0.25, -0.2) is 4.57 Å². The second-order valence-electron chi connectivity index (χ2n) is 13.6. The molecule has 0 saturated carbocycles. The number of hydrogen-bond acceptors (Lipinski definition) is 9. The van der Waals surface area contributed by atoms with Gasteiger partial charge in [0.2, 0.25) is 0 Å². The van der Waals surface area contributed by atoms with Crippen LogP contribution in [-0.2, 0) is 32.7 Å². The number of allylic oxidation sites excluding steroid dienone is 10. The van der Waals surface area contributed by atoms with Gasteiger partial charge in [-0.05, 0) is 77.0 Å². The predicted molar refractivity (Wildman–Crippen MR) is 219 cm³/mol. The fraction of sp³-hybridized carbons (Fsp3) is 0.721. The fourth-order valence-electron chi connectivity index (χ4n) is 5.21. The van der Waals surface area contributed by atoms with E-state index in [1.807, 2.05) is 0 Å². The highest BCUT2D eigenvalue weighted by molar-refractivity contribution is 7.47. The summed E-state index contributed by atoms with van der Waals surface area (Å²) in [5.41, 5.74) is 0. The van der Waals surface area contributed by atoms with Gasteiger partial charge in [0.25, 0.3) is 0 Å². The molecular weight excluding hydrogens is 707 g/mol. The van der Waals surface area contributed by atoms with E-state index < -0.39 is 51.8 Å². The van der Waals surface area contributed by atoms with Gasteiger partial charge in [-0.2, -0.15) is 0 Å². The van der Waals surface area contributed by atoms with Crippen LogP contribution in [-0.4, -0.2) is 65.7 Å². The van der Waals surface area contributed by atoms with E-state index in [0.29, 0.717) is 12.8 Å². The van der Waals surface area contributed by atoms with Crippen LogP contribution in [0, 0.1) is 0 Å². The van der Waals surface area contributed by atoms with Gasteiger partial charge in [-0.3, -0.25) is 18.6 Å². The van der Waals surface area contributed by atoms with Crippen LogP contribution in [0.15, 0.2) is 60.8 Å². The fourth-order valence-corrected chi connectivity index (χ4v) is 6.00. The Hall–Kier alpha value is -2.33. The highest BCUT2D eigenvalue weighted by Gasteiger charge is 2.27. The molecule has 0 aromatic carbocycles. The van der Waals surface area contributed by atoms with Crippen LogP contribution in [0.3, 0.4) is 0 Å². The number of aliphatic hydroxyl groups excluding tert-OH is 2. The lowest BCUT2D eigenvalue weighted by molar-refractivity contribution is -0.161. The number of carbonyl (C=O) groups excluding carboxylic acids is 2. The molecule has 0 heterocycles. The minimum atomic E-state index is -4.63. The Balaban J connectivity index is 4.41. The summed E-state index contributed by atoms with van der Waals surface area (Å²) in [7, 11) is -4.63. The summed E-state index contributed by atoms with van der Waals surface area (Å²) < 4.78 is 32.6. The Bertz CT molecular complexity index is 1080. The maximum atomic E-state index is 12.6. The Morgan fingerprint density at radius 2 is 1.02 bits per heavy atom. The lowest BCUT2D eigenvalue weighted by atomic mass is 10.1. The molecule has 10 nitrogen and oxygen atoms in total. The van der Waals surface area contributed by atoms with E-state index in [-0.39, 0.29) is 19.4 Å². The van der Waals surface area contributed by atoms with Crippen LogP contribution in [0.25, 0.3) is 0 Å². The molecule has 0 saturated heterocycles. The zero-order valence-corrected chi connectivity index (χ0v) is 34.6. The van der Waals surface area contributed by atoms with Crippen molar-refractivity contribution in [2.75, 3.05) is 26.4 Å². The summed E-state index contributed by atoms with van der Waals surface area (Å²) in [6.45, 7) is 2.19. The lowest BCUT2D eigenvalue weighted by Gasteiger charge is -2.20. The Kier molecular flexibility index (Phi) is 37.2. The number of phosphoric ester groups is 1. The molecule has 312 valence electrons. The molecule has 3 N–H and O–H groups in total. The van der Waals surface area contributed by atoms with Crippen LogP contribution in [0.4, 0.5) is 0 Å². The van der Waals surface area contributed by atoms with Gasteiger partial charge >= 0.3 is 19.8 Å². The van der Waals surface area contributed by atoms with Crippen molar-refractivity contribution in [2.24, 2.45) is 0 Å². The maximum absolute atomic E-state index is 12.6. The summed E-state index contributed by atoms with van der Waals surface area (Å²) in [4.78, 5) is 34.9. The van der Waals surface area contributed by atoms with Crippen molar-refractivity contribution >= 4 is 19.8 Å².